The van der Waals surface area contributed by atoms with Crippen molar-refractivity contribution in [1.82, 2.24) is 9.55 Å². The van der Waals surface area contributed by atoms with Gasteiger partial charge in [-0.25, -0.2) is 4.98 Å². The fraction of sp³-hybridized carbons (Fsp3) is 0.364. The minimum atomic E-state index is 0.522. The minimum absolute atomic E-state index is 0.522. The zero-order chi connectivity index (χ0) is 10.4. The summed E-state index contributed by atoms with van der Waals surface area (Å²) in [6.45, 7) is 0. The van der Waals surface area contributed by atoms with Gasteiger partial charge in [0, 0.05) is 11.1 Å². The van der Waals surface area contributed by atoms with Gasteiger partial charge in [0.1, 0.15) is 0 Å². The second kappa shape index (κ2) is 3.14. The van der Waals surface area contributed by atoms with Gasteiger partial charge in [0.05, 0.1) is 11.0 Å². The number of anilines is 1. The molecule has 1 heterocycles. The molecule has 0 atom stereocenters. The lowest BCUT2D eigenvalue weighted by molar-refractivity contribution is 0.324. The van der Waals surface area contributed by atoms with E-state index in [1.165, 1.54) is 19.3 Å². The molecule has 15 heavy (non-hydrogen) atoms. The van der Waals surface area contributed by atoms with Crippen molar-refractivity contribution < 1.29 is 0 Å². The smallest absolute Gasteiger partial charge is 0.201 e. The monoisotopic (exact) mass is 221 g/mol. The Morgan fingerprint density at radius 1 is 1.40 bits per heavy atom. The maximum atomic E-state index is 5.98. The first kappa shape index (κ1) is 9.04. The highest BCUT2D eigenvalue weighted by atomic mass is 35.5. The predicted molar refractivity (Wildman–Crippen MR) is 62.0 cm³/mol. The van der Waals surface area contributed by atoms with Crippen LogP contribution in [0.4, 0.5) is 5.95 Å². The van der Waals surface area contributed by atoms with E-state index in [0.29, 0.717) is 12.0 Å². The van der Waals surface area contributed by atoms with E-state index in [4.69, 9.17) is 17.3 Å². The van der Waals surface area contributed by atoms with Crippen LogP contribution in [0.5, 0.6) is 0 Å². The summed E-state index contributed by atoms with van der Waals surface area (Å²) in [5.74, 6) is 0.608. The van der Waals surface area contributed by atoms with Gasteiger partial charge in [-0.05, 0) is 37.5 Å². The van der Waals surface area contributed by atoms with Crippen LogP contribution in [-0.4, -0.2) is 9.55 Å². The van der Waals surface area contributed by atoms with Gasteiger partial charge in [0.25, 0.3) is 0 Å². The van der Waals surface area contributed by atoms with Gasteiger partial charge in [-0.15, -0.1) is 0 Å². The van der Waals surface area contributed by atoms with E-state index >= 15 is 0 Å². The van der Waals surface area contributed by atoms with Gasteiger partial charge < -0.3 is 10.3 Å². The first-order valence-electron chi connectivity index (χ1n) is 5.18. The number of imidazole rings is 1. The van der Waals surface area contributed by atoms with E-state index in [1.807, 2.05) is 18.2 Å². The zero-order valence-corrected chi connectivity index (χ0v) is 9.04. The van der Waals surface area contributed by atoms with E-state index in [1.54, 1.807) is 0 Å². The third-order valence-corrected chi connectivity index (χ3v) is 3.35. The number of benzene rings is 1. The highest BCUT2D eigenvalue weighted by molar-refractivity contribution is 6.31. The fourth-order valence-electron chi connectivity index (χ4n) is 2.11. The van der Waals surface area contributed by atoms with Crippen LogP contribution < -0.4 is 5.73 Å². The van der Waals surface area contributed by atoms with Crippen LogP contribution in [0, 0.1) is 0 Å². The molecule has 4 heteroatoms. The molecule has 2 N–H and O–H groups in total. The summed E-state index contributed by atoms with van der Waals surface area (Å²) in [5.41, 5.74) is 7.92. The van der Waals surface area contributed by atoms with Gasteiger partial charge >= 0.3 is 0 Å². The molecule has 1 saturated carbocycles. The van der Waals surface area contributed by atoms with Crippen molar-refractivity contribution in [1.29, 1.82) is 0 Å². The Morgan fingerprint density at radius 3 is 2.87 bits per heavy atom. The van der Waals surface area contributed by atoms with Crippen molar-refractivity contribution in [3.05, 3.63) is 23.2 Å². The summed E-state index contributed by atoms with van der Waals surface area (Å²) in [6.07, 6.45) is 3.68. The molecule has 78 valence electrons. The van der Waals surface area contributed by atoms with Crippen LogP contribution in [-0.2, 0) is 0 Å². The molecular formula is C11H12ClN3. The van der Waals surface area contributed by atoms with Crippen LogP contribution >= 0.6 is 11.6 Å². The lowest BCUT2D eigenvalue weighted by atomic mass is 9.93. The van der Waals surface area contributed by atoms with Crippen molar-refractivity contribution in [3.8, 4) is 0 Å². The van der Waals surface area contributed by atoms with Crippen molar-refractivity contribution in [2.75, 3.05) is 5.73 Å². The lowest BCUT2D eigenvalue weighted by Crippen LogP contribution is -2.18. The summed E-state index contributed by atoms with van der Waals surface area (Å²) >= 11 is 5.98. The number of nitrogens with zero attached hydrogens (tertiary/aromatic N) is 2. The zero-order valence-electron chi connectivity index (χ0n) is 8.28. The molecule has 1 aromatic carbocycles. The highest BCUT2D eigenvalue weighted by Crippen LogP contribution is 2.36. The first-order valence-corrected chi connectivity index (χ1v) is 5.56. The Labute approximate surface area is 92.8 Å². The van der Waals surface area contributed by atoms with E-state index < -0.39 is 0 Å². The molecule has 0 amide bonds. The lowest BCUT2D eigenvalue weighted by Gasteiger charge is -2.28. The molecule has 0 bridgehead atoms. The Morgan fingerprint density at radius 2 is 2.20 bits per heavy atom. The Hall–Kier alpha value is -1.22. The molecular weight excluding hydrogens is 210 g/mol. The quantitative estimate of drug-likeness (QED) is 0.805. The molecule has 1 aromatic heterocycles. The number of aromatic nitrogens is 2. The minimum Gasteiger partial charge on any atom is -0.369 e. The van der Waals surface area contributed by atoms with Crippen LogP contribution in [0.3, 0.4) is 0 Å². The summed E-state index contributed by atoms with van der Waals surface area (Å²) < 4.78 is 2.12. The Bertz CT molecular complexity index is 514. The molecule has 2 aromatic rings. The molecule has 0 unspecified atom stereocenters. The number of fused-ring (bicyclic) bond motifs is 1. The van der Waals surface area contributed by atoms with Crippen LogP contribution in [0.25, 0.3) is 11.0 Å². The van der Waals surface area contributed by atoms with Crippen molar-refractivity contribution in [2.24, 2.45) is 0 Å². The van der Waals surface area contributed by atoms with Crippen molar-refractivity contribution >= 4 is 28.6 Å². The SMILES string of the molecule is Nc1nc2ccc(Cl)cc2n1C1CCC1. The van der Waals surface area contributed by atoms with Crippen LogP contribution in [0.1, 0.15) is 25.3 Å². The van der Waals surface area contributed by atoms with Gasteiger partial charge in [-0.3, -0.25) is 0 Å². The number of halogens is 1. The normalized spacial score (nSPS) is 16.9. The number of hydrogen-bond donors (Lipinski definition) is 1. The molecule has 3 nitrogen and oxygen atoms in total. The third kappa shape index (κ3) is 1.30. The van der Waals surface area contributed by atoms with Gasteiger partial charge in [-0.1, -0.05) is 11.6 Å². The van der Waals surface area contributed by atoms with E-state index in [2.05, 4.69) is 9.55 Å². The number of nitrogens with two attached hydrogens (primary N) is 1. The molecule has 3 rings (SSSR count). The predicted octanol–water partition coefficient (Wildman–Crippen LogP) is 3.00. The van der Waals surface area contributed by atoms with Gasteiger partial charge in [0.15, 0.2) is 0 Å². The molecule has 0 saturated heterocycles. The van der Waals surface area contributed by atoms with E-state index in [0.717, 1.165) is 16.1 Å². The summed E-state index contributed by atoms with van der Waals surface area (Å²) in [7, 11) is 0. The first-order chi connectivity index (χ1) is 7.25. The average molecular weight is 222 g/mol. The fourth-order valence-corrected chi connectivity index (χ4v) is 2.28. The van der Waals surface area contributed by atoms with Crippen LogP contribution in [0.2, 0.25) is 5.02 Å². The third-order valence-electron chi connectivity index (χ3n) is 3.12. The standard InChI is InChI=1S/C11H12ClN3/c12-7-4-5-9-10(6-7)15(11(13)14-9)8-2-1-3-8/h4-6,8H,1-3H2,(H2,13,14). The molecule has 1 aliphatic rings. The van der Waals surface area contributed by atoms with E-state index in [9.17, 15) is 0 Å². The number of rotatable bonds is 1. The maximum absolute atomic E-state index is 5.98. The summed E-state index contributed by atoms with van der Waals surface area (Å²) in [4.78, 5) is 4.34. The largest absolute Gasteiger partial charge is 0.369 e. The summed E-state index contributed by atoms with van der Waals surface area (Å²) in [5, 5.41) is 0.739. The molecule has 0 radical (unpaired) electrons. The molecule has 0 aliphatic heterocycles. The second-order valence-electron chi connectivity index (χ2n) is 4.06. The summed E-state index contributed by atoms with van der Waals surface area (Å²) in [6, 6.07) is 6.23. The highest BCUT2D eigenvalue weighted by Gasteiger charge is 2.23. The molecule has 1 aliphatic carbocycles. The van der Waals surface area contributed by atoms with Crippen molar-refractivity contribution in [3.63, 3.8) is 0 Å². The number of nitrogen functional groups attached to an aromatic ring is 1. The second-order valence-corrected chi connectivity index (χ2v) is 4.49. The van der Waals surface area contributed by atoms with E-state index in [-0.39, 0.29) is 0 Å². The maximum Gasteiger partial charge on any atom is 0.201 e. The average Bonchev–Trinajstić information content (AvgIpc) is 2.42. The van der Waals surface area contributed by atoms with Crippen LogP contribution in [0.15, 0.2) is 18.2 Å². The molecule has 1 fully saturated rings. The van der Waals surface area contributed by atoms with Gasteiger partial charge in [-0.2, -0.15) is 0 Å². The molecule has 0 spiro atoms. The Kier molecular flexibility index (Phi) is 1.89. The number of hydrogen-bond acceptors (Lipinski definition) is 2. The topological polar surface area (TPSA) is 43.8 Å². The Balaban J connectivity index is 2.25. The van der Waals surface area contributed by atoms with Crippen molar-refractivity contribution in [2.45, 2.75) is 25.3 Å². The van der Waals surface area contributed by atoms with Gasteiger partial charge in [0.2, 0.25) is 5.95 Å².